The van der Waals surface area contributed by atoms with Gasteiger partial charge in [-0.3, -0.25) is 9.79 Å². The van der Waals surface area contributed by atoms with Crippen molar-refractivity contribution in [2.45, 2.75) is 12.5 Å². The first-order chi connectivity index (χ1) is 9.90. The van der Waals surface area contributed by atoms with E-state index in [1.165, 1.54) is 21.1 Å². The number of aliphatic hydroxyl groups is 2. The number of benzene rings is 1. The second kappa shape index (κ2) is 7.05. The third kappa shape index (κ3) is 3.93. The number of ether oxygens (including phenoxy) is 1. The second-order valence-electron chi connectivity index (χ2n) is 4.86. The average molecular weight is 295 g/mol. The molecule has 7 heteroatoms. The molecule has 1 aromatic rings. The molecule has 116 valence electrons. The maximum atomic E-state index is 12.3. The molecule has 1 aromatic carbocycles. The number of nitrogens with one attached hydrogen (secondary N) is 1. The minimum atomic E-state index is -1.14. The molecule has 0 atom stereocenters. The highest BCUT2D eigenvalue weighted by molar-refractivity contribution is 6.46. The van der Waals surface area contributed by atoms with Gasteiger partial charge in [0.15, 0.2) is 0 Å². The van der Waals surface area contributed by atoms with Crippen molar-refractivity contribution < 1.29 is 19.7 Å². The summed E-state index contributed by atoms with van der Waals surface area (Å²) in [5.41, 5.74) is 5.63. The minimum absolute atomic E-state index is 0.0968. The highest BCUT2D eigenvalue weighted by atomic mass is 16.5. The number of aliphatic imine (C=N–C) groups is 1. The first-order valence-corrected chi connectivity index (χ1v) is 6.35. The number of aliphatic hydroxyl groups excluding tert-OH is 2. The van der Waals surface area contributed by atoms with E-state index in [1.807, 2.05) is 0 Å². The van der Waals surface area contributed by atoms with E-state index in [0.717, 1.165) is 0 Å². The Morgan fingerprint density at radius 1 is 1.43 bits per heavy atom. The molecule has 0 unspecified atom stereocenters. The first kappa shape index (κ1) is 16.9. The lowest BCUT2D eigenvalue weighted by molar-refractivity contribution is -0.117. The van der Waals surface area contributed by atoms with Gasteiger partial charge >= 0.3 is 0 Å². The SMILES string of the molecule is CN=C(C(=O)NC(C)(CO)CO)c1cc(OC)ccc1N. The predicted molar refractivity (Wildman–Crippen MR) is 80.6 cm³/mol. The van der Waals surface area contributed by atoms with Gasteiger partial charge in [0, 0.05) is 18.3 Å². The molecule has 0 aliphatic heterocycles. The van der Waals surface area contributed by atoms with Crippen molar-refractivity contribution in [2.75, 3.05) is 33.1 Å². The van der Waals surface area contributed by atoms with E-state index in [-0.39, 0.29) is 5.71 Å². The molecule has 21 heavy (non-hydrogen) atoms. The standard InChI is InChI=1S/C14H21N3O4/c1-14(7-18,8-19)17-13(20)12(16-2)10-6-9(21-3)4-5-11(10)15/h4-6,18-19H,7-8,15H2,1-3H3,(H,17,20). The molecule has 0 aliphatic rings. The molecule has 0 radical (unpaired) electrons. The van der Waals surface area contributed by atoms with Crippen LogP contribution < -0.4 is 15.8 Å². The second-order valence-corrected chi connectivity index (χ2v) is 4.86. The van der Waals surface area contributed by atoms with Crippen molar-refractivity contribution in [2.24, 2.45) is 4.99 Å². The number of nitrogens with two attached hydrogens (primary N) is 1. The molecular weight excluding hydrogens is 274 g/mol. The van der Waals surface area contributed by atoms with E-state index >= 15 is 0 Å². The van der Waals surface area contributed by atoms with Gasteiger partial charge in [0.25, 0.3) is 5.91 Å². The van der Waals surface area contributed by atoms with Gasteiger partial charge in [0.2, 0.25) is 0 Å². The van der Waals surface area contributed by atoms with E-state index in [1.54, 1.807) is 18.2 Å². The van der Waals surface area contributed by atoms with E-state index in [0.29, 0.717) is 17.0 Å². The number of methoxy groups -OCH3 is 1. The Bertz CT molecular complexity index is 539. The molecule has 0 spiro atoms. The molecule has 0 heterocycles. The van der Waals surface area contributed by atoms with E-state index < -0.39 is 24.7 Å². The lowest BCUT2D eigenvalue weighted by Gasteiger charge is -2.26. The van der Waals surface area contributed by atoms with Gasteiger partial charge in [-0.1, -0.05) is 0 Å². The molecule has 7 nitrogen and oxygen atoms in total. The molecule has 1 rings (SSSR count). The number of anilines is 1. The smallest absolute Gasteiger partial charge is 0.270 e. The molecule has 0 saturated carbocycles. The van der Waals surface area contributed by atoms with Gasteiger partial charge in [-0.05, 0) is 25.1 Å². The Balaban J connectivity index is 3.12. The van der Waals surface area contributed by atoms with Crippen LogP contribution in [0, 0.1) is 0 Å². The summed E-state index contributed by atoms with van der Waals surface area (Å²) in [6.45, 7) is 0.715. The Morgan fingerprint density at radius 3 is 2.52 bits per heavy atom. The normalized spacial score (nSPS) is 12.1. The van der Waals surface area contributed by atoms with Crippen molar-refractivity contribution in [1.82, 2.24) is 5.32 Å². The van der Waals surface area contributed by atoms with Crippen molar-refractivity contribution in [3.05, 3.63) is 23.8 Å². The Hall–Kier alpha value is -2.12. The number of carbonyl (C=O) groups is 1. The zero-order valence-electron chi connectivity index (χ0n) is 12.4. The quantitative estimate of drug-likeness (QED) is 0.419. The van der Waals surface area contributed by atoms with Crippen LogP contribution in [-0.2, 0) is 4.79 Å². The number of carbonyl (C=O) groups excluding carboxylic acids is 1. The number of rotatable bonds is 6. The Kier molecular flexibility index (Phi) is 5.69. The molecule has 0 aliphatic carbocycles. The zero-order valence-corrected chi connectivity index (χ0v) is 12.4. The minimum Gasteiger partial charge on any atom is -0.497 e. The fourth-order valence-corrected chi connectivity index (χ4v) is 1.67. The summed E-state index contributed by atoms with van der Waals surface area (Å²) >= 11 is 0. The average Bonchev–Trinajstić information content (AvgIpc) is 2.49. The molecule has 1 amide bonds. The summed E-state index contributed by atoms with van der Waals surface area (Å²) in [5.74, 6) is 0.00304. The molecule has 0 bridgehead atoms. The van der Waals surface area contributed by atoms with Gasteiger partial charge in [0.05, 0.1) is 25.9 Å². The zero-order chi connectivity index (χ0) is 16.0. The number of nitrogens with zero attached hydrogens (tertiary/aromatic N) is 1. The van der Waals surface area contributed by atoms with Crippen LogP contribution in [0.25, 0.3) is 0 Å². The van der Waals surface area contributed by atoms with Crippen LogP contribution in [0.2, 0.25) is 0 Å². The van der Waals surface area contributed by atoms with Crippen LogP contribution >= 0.6 is 0 Å². The summed E-state index contributed by atoms with van der Waals surface area (Å²) in [4.78, 5) is 16.3. The van der Waals surface area contributed by atoms with Crippen LogP contribution in [0.5, 0.6) is 5.75 Å². The van der Waals surface area contributed by atoms with E-state index in [4.69, 9.17) is 10.5 Å². The van der Waals surface area contributed by atoms with Crippen LogP contribution in [0.3, 0.4) is 0 Å². The molecule has 0 aromatic heterocycles. The number of hydrogen-bond donors (Lipinski definition) is 4. The third-order valence-electron chi connectivity index (χ3n) is 3.07. The third-order valence-corrected chi connectivity index (χ3v) is 3.07. The Labute approximate surface area is 123 Å². The molecule has 5 N–H and O–H groups in total. The molecule has 0 saturated heterocycles. The number of amides is 1. The highest BCUT2D eigenvalue weighted by Crippen LogP contribution is 2.20. The maximum Gasteiger partial charge on any atom is 0.270 e. The van der Waals surface area contributed by atoms with E-state index in [2.05, 4.69) is 10.3 Å². The van der Waals surface area contributed by atoms with Crippen LogP contribution in [0.4, 0.5) is 5.69 Å². The summed E-state index contributed by atoms with van der Waals surface area (Å²) in [6, 6.07) is 4.89. The predicted octanol–water partition coefficient (Wildman–Crippen LogP) is -0.444. The van der Waals surface area contributed by atoms with Gasteiger partial charge < -0.3 is 26.0 Å². The van der Waals surface area contributed by atoms with E-state index in [9.17, 15) is 15.0 Å². The monoisotopic (exact) mass is 295 g/mol. The van der Waals surface area contributed by atoms with Gasteiger partial charge in [0.1, 0.15) is 11.5 Å². The number of hydrogen-bond acceptors (Lipinski definition) is 6. The van der Waals surface area contributed by atoms with Gasteiger partial charge in [-0.15, -0.1) is 0 Å². The Morgan fingerprint density at radius 2 is 2.05 bits per heavy atom. The summed E-state index contributed by atoms with van der Waals surface area (Å²) in [6.07, 6.45) is 0. The lowest BCUT2D eigenvalue weighted by atomic mass is 10.0. The van der Waals surface area contributed by atoms with Crippen molar-refractivity contribution in [1.29, 1.82) is 0 Å². The van der Waals surface area contributed by atoms with Gasteiger partial charge in [-0.25, -0.2) is 0 Å². The largest absolute Gasteiger partial charge is 0.497 e. The molecule has 0 fully saturated rings. The highest BCUT2D eigenvalue weighted by Gasteiger charge is 2.27. The topological polar surface area (TPSA) is 117 Å². The van der Waals surface area contributed by atoms with Crippen LogP contribution in [0.15, 0.2) is 23.2 Å². The molecular formula is C14H21N3O4. The summed E-state index contributed by atoms with van der Waals surface area (Å²) in [5, 5.41) is 21.0. The van der Waals surface area contributed by atoms with Crippen molar-refractivity contribution in [3.63, 3.8) is 0 Å². The maximum absolute atomic E-state index is 12.3. The first-order valence-electron chi connectivity index (χ1n) is 6.35. The van der Waals surface area contributed by atoms with Crippen LogP contribution in [0.1, 0.15) is 12.5 Å². The van der Waals surface area contributed by atoms with Crippen molar-refractivity contribution in [3.8, 4) is 5.75 Å². The number of nitrogen functional groups attached to an aromatic ring is 1. The van der Waals surface area contributed by atoms with Crippen molar-refractivity contribution >= 4 is 17.3 Å². The van der Waals surface area contributed by atoms with Gasteiger partial charge in [-0.2, -0.15) is 0 Å². The fourth-order valence-electron chi connectivity index (χ4n) is 1.67. The summed E-state index contributed by atoms with van der Waals surface area (Å²) < 4.78 is 5.11. The summed E-state index contributed by atoms with van der Waals surface area (Å²) in [7, 11) is 2.97. The lowest BCUT2D eigenvalue weighted by Crippen LogP contribution is -2.53. The fraction of sp³-hybridized carbons (Fsp3) is 0.429. The van der Waals surface area contributed by atoms with Crippen LogP contribution in [-0.4, -0.2) is 54.7 Å².